The number of nitrogens with zero attached hydrogens (tertiary/aromatic N) is 1. The summed E-state index contributed by atoms with van der Waals surface area (Å²) in [5.74, 6) is -0.337. The molecule has 1 aromatic heterocycles. The lowest BCUT2D eigenvalue weighted by molar-refractivity contribution is 0.0697. The van der Waals surface area contributed by atoms with Gasteiger partial charge in [-0.25, -0.2) is 4.79 Å². The molecule has 0 bridgehead atoms. The SMILES string of the molecule is O=C(O)c1ccc(CCn2c(COc3cccc(-c4ccccc4)c3)c(Cl)cc(Cl)c2=O)cc1. The molecule has 34 heavy (non-hydrogen) atoms. The van der Waals surface area contributed by atoms with Gasteiger partial charge in [0.15, 0.2) is 0 Å². The van der Waals surface area contributed by atoms with Crippen LogP contribution in [0.4, 0.5) is 0 Å². The standard InChI is InChI=1S/C27H21Cl2NO4/c28-23-16-24(29)26(31)30(14-13-18-9-11-20(12-10-18)27(32)33)25(23)17-34-22-8-4-7-21(15-22)19-5-2-1-3-6-19/h1-12,15-16H,13-14,17H2,(H,32,33). The van der Waals surface area contributed by atoms with E-state index in [2.05, 4.69) is 0 Å². The molecule has 1 N–H and O–H groups in total. The van der Waals surface area contributed by atoms with Crippen LogP contribution in [0.5, 0.6) is 5.75 Å². The maximum Gasteiger partial charge on any atom is 0.335 e. The Kier molecular flexibility index (Phi) is 7.36. The third-order valence-corrected chi connectivity index (χ3v) is 6.04. The number of aryl methyl sites for hydroxylation is 1. The van der Waals surface area contributed by atoms with Gasteiger partial charge in [0.05, 0.1) is 16.3 Å². The Balaban J connectivity index is 1.55. The molecule has 172 valence electrons. The van der Waals surface area contributed by atoms with Gasteiger partial charge in [0.25, 0.3) is 5.56 Å². The molecule has 0 aliphatic heterocycles. The van der Waals surface area contributed by atoms with Crippen molar-refractivity contribution in [1.29, 1.82) is 0 Å². The number of aromatic nitrogens is 1. The van der Waals surface area contributed by atoms with Crippen LogP contribution in [-0.2, 0) is 19.6 Å². The number of carbonyl (C=O) groups is 1. The fraction of sp³-hybridized carbons (Fsp3) is 0.111. The average Bonchev–Trinajstić information content (AvgIpc) is 2.85. The summed E-state index contributed by atoms with van der Waals surface area (Å²) in [7, 11) is 0. The van der Waals surface area contributed by atoms with Crippen molar-refractivity contribution in [3.05, 3.63) is 122 Å². The van der Waals surface area contributed by atoms with Gasteiger partial charge in [0.1, 0.15) is 17.4 Å². The Morgan fingerprint density at radius 2 is 1.56 bits per heavy atom. The van der Waals surface area contributed by atoms with Gasteiger partial charge in [0, 0.05) is 6.54 Å². The van der Waals surface area contributed by atoms with E-state index in [0.717, 1.165) is 16.7 Å². The van der Waals surface area contributed by atoms with E-state index in [4.69, 9.17) is 33.0 Å². The summed E-state index contributed by atoms with van der Waals surface area (Å²) in [6, 6.07) is 25.6. The van der Waals surface area contributed by atoms with E-state index < -0.39 is 5.97 Å². The predicted octanol–water partition coefficient (Wildman–Crippen LogP) is 6.34. The van der Waals surface area contributed by atoms with E-state index in [1.165, 1.54) is 22.8 Å². The second-order valence-corrected chi connectivity index (χ2v) is 8.49. The molecule has 1 heterocycles. The maximum absolute atomic E-state index is 12.8. The molecule has 4 aromatic rings. The van der Waals surface area contributed by atoms with Gasteiger partial charge >= 0.3 is 5.97 Å². The molecule has 0 aliphatic rings. The third-order valence-electron chi connectivity index (χ3n) is 5.45. The normalized spacial score (nSPS) is 10.8. The summed E-state index contributed by atoms with van der Waals surface area (Å²) >= 11 is 12.6. The number of ether oxygens (including phenoxy) is 1. The molecule has 0 radical (unpaired) electrons. The maximum atomic E-state index is 12.8. The van der Waals surface area contributed by atoms with Crippen molar-refractivity contribution in [3.8, 4) is 16.9 Å². The second kappa shape index (κ2) is 10.6. The smallest absolute Gasteiger partial charge is 0.335 e. The highest BCUT2D eigenvalue weighted by molar-refractivity contribution is 6.34. The number of carboxylic acid groups (broad SMARTS) is 1. The number of aromatic carboxylic acids is 1. The van der Waals surface area contributed by atoms with Crippen LogP contribution < -0.4 is 10.3 Å². The van der Waals surface area contributed by atoms with Gasteiger partial charge in [-0.3, -0.25) is 4.79 Å². The van der Waals surface area contributed by atoms with E-state index in [1.807, 2.05) is 54.6 Å². The zero-order valence-corrected chi connectivity index (χ0v) is 19.6. The van der Waals surface area contributed by atoms with E-state index in [9.17, 15) is 9.59 Å². The summed E-state index contributed by atoms with van der Waals surface area (Å²) < 4.78 is 7.52. The highest BCUT2D eigenvalue weighted by atomic mass is 35.5. The molecule has 0 unspecified atom stereocenters. The summed E-state index contributed by atoms with van der Waals surface area (Å²) in [4.78, 5) is 23.9. The summed E-state index contributed by atoms with van der Waals surface area (Å²) in [5, 5.41) is 9.43. The van der Waals surface area contributed by atoms with Crippen molar-refractivity contribution in [2.45, 2.75) is 19.6 Å². The molecule has 0 fully saturated rings. The summed E-state index contributed by atoms with van der Waals surface area (Å²) in [6.45, 7) is 0.399. The van der Waals surface area contributed by atoms with Gasteiger partial charge in [-0.1, -0.05) is 77.8 Å². The molecule has 0 aliphatic carbocycles. The molecule has 7 heteroatoms. The molecule has 0 atom stereocenters. The number of hydrogen-bond acceptors (Lipinski definition) is 3. The number of benzene rings is 3. The minimum Gasteiger partial charge on any atom is -0.487 e. The topological polar surface area (TPSA) is 68.5 Å². The van der Waals surface area contributed by atoms with E-state index in [1.54, 1.807) is 12.1 Å². The number of carboxylic acids is 1. The fourth-order valence-electron chi connectivity index (χ4n) is 3.62. The van der Waals surface area contributed by atoms with Crippen molar-refractivity contribution in [2.75, 3.05) is 0 Å². The Labute approximate surface area is 206 Å². The zero-order chi connectivity index (χ0) is 24.1. The van der Waals surface area contributed by atoms with Crippen LogP contribution in [0.15, 0.2) is 89.7 Å². The van der Waals surface area contributed by atoms with Crippen LogP contribution in [0, 0.1) is 0 Å². The quantitative estimate of drug-likeness (QED) is 0.310. The molecular weight excluding hydrogens is 473 g/mol. The lowest BCUT2D eigenvalue weighted by Gasteiger charge is -2.16. The van der Waals surface area contributed by atoms with Crippen LogP contribution in [-0.4, -0.2) is 15.6 Å². The highest BCUT2D eigenvalue weighted by Crippen LogP contribution is 2.25. The molecule has 0 amide bonds. The van der Waals surface area contributed by atoms with E-state index >= 15 is 0 Å². The minimum absolute atomic E-state index is 0.0288. The fourth-order valence-corrected chi connectivity index (χ4v) is 4.16. The van der Waals surface area contributed by atoms with E-state index in [-0.39, 0.29) is 22.8 Å². The Morgan fingerprint density at radius 1 is 0.853 bits per heavy atom. The molecule has 0 saturated heterocycles. The number of hydrogen-bond donors (Lipinski definition) is 1. The van der Waals surface area contributed by atoms with E-state index in [0.29, 0.717) is 29.4 Å². The van der Waals surface area contributed by atoms with Crippen LogP contribution in [0.3, 0.4) is 0 Å². The molecular formula is C27H21Cl2NO4. The Morgan fingerprint density at radius 3 is 2.26 bits per heavy atom. The highest BCUT2D eigenvalue weighted by Gasteiger charge is 2.14. The first kappa shape index (κ1) is 23.6. The first-order valence-electron chi connectivity index (χ1n) is 10.6. The Hall–Kier alpha value is -3.54. The van der Waals surface area contributed by atoms with Crippen molar-refractivity contribution in [3.63, 3.8) is 0 Å². The monoisotopic (exact) mass is 493 g/mol. The van der Waals surface area contributed by atoms with Crippen molar-refractivity contribution in [1.82, 2.24) is 4.57 Å². The van der Waals surface area contributed by atoms with Gasteiger partial charge < -0.3 is 14.4 Å². The first-order chi connectivity index (χ1) is 16.4. The van der Waals surface area contributed by atoms with Gasteiger partial charge in [-0.05, 0) is 53.4 Å². The lowest BCUT2D eigenvalue weighted by atomic mass is 10.1. The largest absolute Gasteiger partial charge is 0.487 e. The summed E-state index contributed by atoms with van der Waals surface area (Å²) in [5.41, 5.74) is 3.34. The van der Waals surface area contributed by atoms with Gasteiger partial charge in [0.2, 0.25) is 0 Å². The number of pyridine rings is 1. The number of rotatable bonds is 8. The minimum atomic E-state index is -0.986. The predicted molar refractivity (Wildman–Crippen MR) is 134 cm³/mol. The number of halogens is 2. The molecule has 0 saturated carbocycles. The van der Waals surface area contributed by atoms with Crippen LogP contribution >= 0.6 is 23.2 Å². The van der Waals surface area contributed by atoms with Crippen LogP contribution in [0.2, 0.25) is 10.0 Å². The van der Waals surface area contributed by atoms with Gasteiger partial charge in [-0.2, -0.15) is 0 Å². The zero-order valence-electron chi connectivity index (χ0n) is 18.1. The molecule has 4 rings (SSSR count). The molecule has 5 nitrogen and oxygen atoms in total. The molecule has 3 aromatic carbocycles. The Bertz CT molecular complexity index is 1370. The first-order valence-corrected chi connectivity index (χ1v) is 11.4. The van der Waals surface area contributed by atoms with Gasteiger partial charge in [-0.15, -0.1) is 0 Å². The average molecular weight is 494 g/mol. The molecule has 0 spiro atoms. The summed E-state index contributed by atoms with van der Waals surface area (Å²) in [6.07, 6.45) is 0.493. The van der Waals surface area contributed by atoms with Crippen molar-refractivity contribution < 1.29 is 14.6 Å². The van der Waals surface area contributed by atoms with Crippen LogP contribution in [0.1, 0.15) is 21.6 Å². The van der Waals surface area contributed by atoms with Crippen molar-refractivity contribution >= 4 is 29.2 Å². The third kappa shape index (κ3) is 5.50. The van der Waals surface area contributed by atoms with Crippen LogP contribution in [0.25, 0.3) is 11.1 Å². The lowest BCUT2D eigenvalue weighted by Crippen LogP contribution is -2.26. The van der Waals surface area contributed by atoms with Crippen molar-refractivity contribution in [2.24, 2.45) is 0 Å². The second-order valence-electron chi connectivity index (χ2n) is 7.68.